The van der Waals surface area contributed by atoms with Crippen LogP contribution in [-0.2, 0) is 33.3 Å². The standard InChI is InChI=1S/C40H62O11/c1-19-14-24-22(35(6,7)50-21(3)42)15-40(51-24)31(19)37(9)28(48-20(2)41)16-39-18-38(39)13-12-27(49-32-30(45)29(44)23(43)17-47-32)34(4,5)25(38)10-11-26(39)36(37,8)33(40)46/h19,22-33,43-46H,10-18H2,1-9H3/t19-,22+,23-,24-,25+,26+,27+,28-,29+,30-,31-,32+,33-,36-,37-,38-,39+,40-/m1/s1. The van der Waals surface area contributed by atoms with Crippen molar-refractivity contribution in [3.63, 3.8) is 0 Å². The van der Waals surface area contributed by atoms with Gasteiger partial charge in [0.1, 0.15) is 30.0 Å². The van der Waals surface area contributed by atoms with Crippen molar-refractivity contribution in [3.8, 4) is 0 Å². The van der Waals surface area contributed by atoms with E-state index in [0.717, 1.165) is 44.9 Å². The average molecular weight is 719 g/mol. The van der Waals surface area contributed by atoms with Gasteiger partial charge in [-0.1, -0.05) is 34.6 Å². The van der Waals surface area contributed by atoms with E-state index in [1.54, 1.807) is 0 Å². The molecule has 11 nitrogen and oxygen atoms in total. The number of ether oxygens (including phenoxy) is 5. The topological polar surface area (TPSA) is 161 Å². The van der Waals surface area contributed by atoms with Gasteiger partial charge >= 0.3 is 11.9 Å². The third-order valence-electron chi connectivity index (χ3n) is 17.4. The molecule has 0 aromatic carbocycles. The molecule has 0 radical (unpaired) electrons. The summed E-state index contributed by atoms with van der Waals surface area (Å²) in [5, 5.41) is 44.2. The molecule has 8 aliphatic rings. The van der Waals surface area contributed by atoms with E-state index in [-0.39, 0.29) is 70.7 Å². The summed E-state index contributed by atoms with van der Waals surface area (Å²) in [6.07, 6.45) is 0.293. The lowest BCUT2D eigenvalue weighted by atomic mass is 9.40. The van der Waals surface area contributed by atoms with Gasteiger partial charge in [0.05, 0.1) is 30.5 Å². The zero-order valence-corrected chi connectivity index (χ0v) is 32.0. The van der Waals surface area contributed by atoms with Crippen LogP contribution in [0.5, 0.6) is 0 Å². The third-order valence-corrected chi connectivity index (χ3v) is 17.4. The normalized spacial score (nSPS) is 56.5. The molecule has 3 heterocycles. The minimum atomic E-state index is -1.34. The molecule has 18 atom stereocenters. The minimum absolute atomic E-state index is 0.0144. The predicted octanol–water partition coefficient (Wildman–Crippen LogP) is 3.90. The van der Waals surface area contributed by atoms with Crippen molar-refractivity contribution in [2.45, 2.75) is 174 Å². The first-order chi connectivity index (χ1) is 23.6. The second-order valence-corrected chi connectivity index (χ2v) is 20.0. The van der Waals surface area contributed by atoms with Gasteiger partial charge in [-0.15, -0.1) is 0 Å². The summed E-state index contributed by atoms with van der Waals surface area (Å²) in [4.78, 5) is 25.3. The minimum Gasteiger partial charge on any atom is -0.462 e. The molecule has 8 rings (SSSR count). The van der Waals surface area contributed by atoms with Crippen molar-refractivity contribution in [3.05, 3.63) is 0 Å². The summed E-state index contributed by atoms with van der Waals surface area (Å²) in [5.74, 6) is -0.0651. The molecule has 5 saturated carbocycles. The van der Waals surface area contributed by atoms with Crippen LogP contribution in [-0.4, -0.2) is 99.2 Å². The van der Waals surface area contributed by atoms with Crippen molar-refractivity contribution >= 4 is 11.9 Å². The van der Waals surface area contributed by atoms with Crippen LogP contribution in [0.2, 0.25) is 0 Å². The molecular formula is C40H62O11. The Morgan fingerprint density at radius 2 is 1.53 bits per heavy atom. The Hall–Kier alpha value is -1.34. The van der Waals surface area contributed by atoms with Gasteiger partial charge in [0.2, 0.25) is 0 Å². The third kappa shape index (κ3) is 4.43. The molecule has 3 spiro atoms. The average Bonchev–Trinajstić information content (AvgIpc) is 3.52. The molecule has 0 aromatic heterocycles. The molecule has 51 heavy (non-hydrogen) atoms. The van der Waals surface area contributed by atoms with Crippen LogP contribution < -0.4 is 0 Å². The molecule has 8 fully saturated rings. The Morgan fingerprint density at radius 3 is 2.20 bits per heavy atom. The maximum absolute atomic E-state index is 13.1. The fourth-order valence-electron chi connectivity index (χ4n) is 15.5. The van der Waals surface area contributed by atoms with Crippen molar-refractivity contribution < 1.29 is 53.7 Å². The summed E-state index contributed by atoms with van der Waals surface area (Å²) in [6, 6.07) is 0. The van der Waals surface area contributed by atoms with E-state index >= 15 is 0 Å². The van der Waals surface area contributed by atoms with E-state index in [0.29, 0.717) is 12.3 Å². The van der Waals surface area contributed by atoms with Crippen LogP contribution in [0, 0.1) is 56.7 Å². The smallest absolute Gasteiger partial charge is 0.303 e. The Morgan fingerprint density at radius 1 is 0.843 bits per heavy atom. The number of carbonyl (C=O) groups excluding carboxylic acids is 2. The highest BCUT2D eigenvalue weighted by molar-refractivity contribution is 5.67. The van der Waals surface area contributed by atoms with E-state index in [4.69, 9.17) is 23.7 Å². The van der Waals surface area contributed by atoms with Crippen LogP contribution in [0.25, 0.3) is 0 Å². The molecule has 288 valence electrons. The number of aliphatic hydroxyl groups is 4. The Balaban J connectivity index is 1.15. The molecule has 0 aromatic rings. The summed E-state index contributed by atoms with van der Waals surface area (Å²) >= 11 is 0. The van der Waals surface area contributed by atoms with Crippen LogP contribution in [0.4, 0.5) is 0 Å². The quantitative estimate of drug-likeness (QED) is 0.241. The van der Waals surface area contributed by atoms with Crippen LogP contribution in [0.1, 0.15) is 114 Å². The van der Waals surface area contributed by atoms with Gasteiger partial charge in [-0.25, -0.2) is 0 Å². The SMILES string of the molecule is CC(=O)O[C@@H]1C[C@@]23C[C@@]24CC[C@H](O[C@@H]2OC[C@@H](O)[C@H](O)[C@H]2O)C(C)(C)[C@@H]4CC[C@H]3[C@]2(C)[C@@H](O)[C@@]34C[C@H](C(C)(C)OC(C)=O)[C@@H](C[C@@H](C)[C@@H]3[C@@]12C)O4. The summed E-state index contributed by atoms with van der Waals surface area (Å²) in [7, 11) is 0. The largest absolute Gasteiger partial charge is 0.462 e. The molecule has 5 aliphatic carbocycles. The van der Waals surface area contributed by atoms with Gasteiger partial charge in [-0.05, 0) is 99.2 Å². The fraction of sp³-hybridized carbons (Fsp3) is 0.950. The predicted molar refractivity (Wildman–Crippen MR) is 183 cm³/mol. The van der Waals surface area contributed by atoms with Gasteiger partial charge < -0.3 is 44.1 Å². The number of carbonyl (C=O) groups is 2. The number of aliphatic hydroxyl groups excluding tert-OH is 4. The molecule has 3 aliphatic heterocycles. The molecule has 4 N–H and O–H groups in total. The second kappa shape index (κ2) is 11.1. The number of rotatable bonds is 5. The fourth-order valence-corrected chi connectivity index (χ4v) is 15.5. The Labute approximate surface area is 302 Å². The van der Waals surface area contributed by atoms with E-state index in [2.05, 4.69) is 34.6 Å². The lowest BCUT2D eigenvalue weighted by molar-refractivity contribution is -0.304. The van der Waals surface area contributed by atoms with Crippen LogP contribution in [0.15, 0.2) is 0 Å². The van der Waals surface area contributed by atoms with Gasteiger partial charge in [0.25, 0.3) is 0 Å². The highest BCUT2D eigenvalue weighted by Gasteiger charge is 2.89. The Bertz CT molecular complexity index is 1470. The van der Waals surface area contributed by atoms with E-state index in [1.807, 2.05) is 13.8 Å². The first kappa shape index (κ1) is 36.6. The maximum atomic E-state index is 13.1. The van der Waals surface area contributed by atoms with Crippen molar-refractivity contribution in [1.29, 1.82) is 0 Å². The molecular weight excluding hydrogens is 656 g/mol. The summed E-state index contributed by atoms with van der Waals surface area (Å²) in [5.41, 5.74) is -3.20. The van der Waals surface area contributed by atoms with Gasteiger partial charge in [0, 0.05) is 36.5 Å². The van der Waals surface area contributed by atoms with E-state index in [9.17, 15) is 30.0 Å². The number of esters is 2. The van der Waals surface area contributed by atoms with Crippen LogP contribution >= 0.6 is 0 Å². The number of hydrogen-bond donors (Lipinski definition) is 4. The molecule has 0 amide bonds. The highest BCUT2D eigenvalue weighted by atomic mass is 16.7. The first-order valence-electron chi connectivity index (χ1n) is 19.7. The summed E-state index contributed by atoms with van der Waals surface area (Å²) < 4.78 is 31.8. The number of hydrogen-bond acceptors (Lipinski definition) is 11. The Kier molecular flexibility index (Phi) is 7.99. The first-order valence-corrected chi connectivity index (χ1v) is 19.7. The van der Waals surface area contributed by atoms with Crippen LogP contribution in [0.3, 0.4) is 0 Å². The van der Waals surface area contributed by atoms with Crippen molar-refractivity contribution in [1.82, 2.24) is 0 Å². The van der Waals surface area contributed by atoms with Crippen molar-refractivity contribution in [2.75, 3.05) is 6.61 Å². The monoisotopic (exact) mass is 718 g/mol. The molecule has 0 unspecified atom stereocenters. The zero-order valence-electron chi connectivity index (χ0n) is 32.0. The van der Waals surface area contributed by atoms with E-state index in [1.165, 1.54) is 13.8 Å². The van der Waals surface area contributed by atoms with E-state index < -0.39 is 58.8 Å². The second-order valence-electron chi connectivity index (χ2n) is 20.0. The number of fused-ring (bicyclic) bond motifs is 4. The molecule has 2 bridgehead atoms. The molecule has 11 heteroatoms. The lowest BCUT2D eigenvalue weighted by Crippen LogP contribution is -2.65. The van der Waals surface area contributed by atoms with Gasteiger partial charge in [-0.2, -0.15) is 0 Å². The summed E-state index contributed by atoms with van der Waals surface area (Å²) in [6.45, 7) is 18.2. The van der Waals surface area contributed by atoms with Crippen molar-refractivity contribution in [2.24, 2.45) is 56.7 Å². The van der Waals surface area contributed by atoms with Gasteiger partial charge in [-0.3, -0.25) is 9.59 Å². The maximum Gasteiger partial charge on any atom is 0.303 e. The van der Waals surface area contributed by atoms with Gasteiger partial charge in [0.15, 0.2) is 6.29 Å². The zero-order chi connectivity index (χ0) is 37.1. The lowest BCUT2D eigenvalue weighted by Gasteiger charge is -2.65. The molecule has 3 saturated heterocycles. The highest BCUT2D eigenvalue weighted by Crippen LogP contribution is 2.90.